The van der Waals surface area contributed by atoms with E-state index in [1.54, 1.807) is 0 Å². The number of alkyl carbamates (subject to hydrolysis) is 1. The van der Waals surface area contributed by atoms with Gasteiger partial charge in [0.2, 0.25) is 11.8 Å². The van der Waals surface area contributed by atoms with Crippen molar-refractivity contribution in [3.8, 4) is 0 Å². The minimum absolute atomic E-state index is 0.0130. The number of hydrazine groups is 1. The molecular weight excluding hydrogens is 478 g/mol. The summed E-state index contributed by atoms with van der Waals surface area (Å²) in [5.74, 6) is 4.29. The molecule has 2 unspecified atom stereocenters. The Labute approximate surface area is 219 Å². The van der Waals surface area contributed by atoms with Gasteiger partial charge in [0.05, 0.1) is 7.11 Å². The maximum atomic E-state index is 12.8. The molecule has 0 fully saturated rings. The van der Waals surface area contributed by atoms with E-state index < -0.39 is 30.1 Å². The van der Waals surface area contributed by atoms with Crippen LogP contribution in [0.3, 0.4) is 0 Å². The number of methoxy groups -OCH3 is 1. The molecule has 208 valence electrons. The highest BCUT2D eigenvalue weighted by molar-refractivity contribution is 5.90. The van der Waals surface area contributed by atoms with Gasteiger partial charge in [-0.3, -0.25) is 20.2 Å². The molecule has 1 rings (SSSR count). The molecule has 1 aromatic carbocycles. The van der Waals surface area contributed by atoms with Crippen LogP contribution >= 0.6 is 0 Å². The van der Waals surface area contributed by atoms with Crippen LogP contribution in [0.2, 0.25) is 0 Å². The molecule has 2 atom stereocenters. The zero-order chi connectivity index (χ0) is 27.3. The number of hydrogen-bond donors (Lipinski definition) is 5. The Balaban J connectivity index is 2.50. The Hall–Kier alpha value is -3.18. The number of carbonyl (C=O) groups is 4. The van der Waals surface area contributed by atoms with Gasteiger partial charge in [0, 0.05) is 19.5 Å². The second-order valence-electron chi connectivity index (χ2n) is 8.73. The van der Waals surface area contributed by atoms with Gasteiger partial charge < -0.3 is 25.4 Å². The van der Waals surface area contributed by atoms with Crippen LogP contribution in [0.15, 0.2) is 30.3 Å². The molecule has 0 spiro atoms. The summed E-state index contributed by atoms with van der Waals surface area (Å²) in [5.41, 5.74) is 3.29. The van der Waals surface area contributed by atoms with Gasteiger partial charge in [-0.2, -0.15) is 0 Å². The highest BCUT2D eigenvalue weighted by Crippen LogP contribution is 2.06. The predicted octanol–water partition coefficient (Wildman–Crippen LogP) is 2.05. The molecule has 6 N–H and O–H groups in total. The lowest BCUT2D eigenvalue weighted by Crippen LogP contribution is -2.54. The van der Waals surface area contributed by atoms with Crippen LogP contribution in [0.5, 0.6) is 0 Å². The molecule has 0 aliphatic heterocycles. The minimum Gasteiger partial charge on any atom is -0.469 e. The number of hydrogen-bond acceptors (Lipinski definition) is 8. The van der Waals surface area contributed by atoms with Crippen LogP contribution in [-0.2, 0) is 30.5 Å². The zero-order valence-corrected chi connectivity index (χ0v) is 22.1. The van der Waals surface area contributed by atoms with E-state index in [2.05, 4.69) is 33.0 Å². The molecule has 0 aromatic heterocycles. The van der Waals surface area contributed by atoms with Crippen molar-refractivity contribution in [1.29, 1.82) is 0 Å². The fourth-order valence-corrected chi connectivity index (χ4v) is 3.52. The lowest BCUT2D eigenvalue weighted by Gasteiger charge is -2.22. The summed E-state index contributed by atoms with van der Waals surface area (Å²) in [5, 5.41) is 8.32. The maximum absolute atomic E-state index is 12.8. The van der Waals surface area contributed by atoms with Gasteiger partial charge in [0.25, 0.3) is 0 Å². The highest BCUT2D eigenvalue weighted by Gasteiger charge is 2.25. The lowest BCUT2D eigenvalue weighted by atomic mass is 10.1. The van der Waals surface area contributed by atoms with E-state index in [1.165, 1.54) is 7.11 Å². The summed E-state index contributed by atoms with van der Waals surface area (Å²) < 4.78 is 9.79. The summed E-state index contributed by atoms with van der Waals surface area (Å²) in [6.07, 6.45) is 5.26. The second kappa shape index (κ2) is 19.9. The van der Waals surface area contributed by atoms with E-state index in [0.29, 0.717) is 32.4 Å². The average molecular weight is 522 g/mol. The molecule has 0 saturated carbocycles. The molecule has 3 amide bonds. The van der Waals surface area contributed by atoms with Crippen molar-refractivity contribution >= 4 is 23.9 Å². The van der Waals surface area contributed by atoms with Crippen LogP contribution in [0.4, 0.5) is 4.79 Å². The first-order valence-corrected chi connectivity index (χ1v) is 13.0. The largest absolute Gasteiger partial charge is 0.469 e. The minimum atomic E-state index is -0.847. The standard InChI is InChI=1S/C26H43N5O6/c1-3-4-5-10-17-28-24(33)21(30-25(34)22(31-27)15-16-23(32)36-2)14-9-11-18-29-26(35)37-19-20-12-7-6-8-13-20/h6-8,12-13,21-22,31H,3-5,9-11,14-19,27H2,1-2H3,(H,28,33)(H,29,35)(H,30,34). The molecule has 0 aliphatic rings. The van der Waals surface area contributed by atoms with Gasteiger partial charge in [0.15, 0.2) is 0 Å². The number of unbranched alkanes of at least 4 members (excludes halogenated alkanes) is 4. The average Bonchev–Trinajstić information content (AvgIpc) is 2.91. The molecule has 0 saturated heterocycles. The van der Waals surface area contributed by atoms with Crippen molar-refractivity contribution in [2.75, 3.05) is 20.2 Å². The molecule has 0 radical (unpaired) electrons. The van der Waals surface area contributed by atoms with Crippen molar-refractivity contribution in [3.63, 3.8) is 0 Å². The summed E-state index contributed by atoms with van der Waals surface area (Å²) >= 11 is 0. The van der Waals surface area contributed by atoms with E-state index in [-0.39, 0.29) is 25.4 Å². The van der Waals surface area contributed by atoms with E-state index in [4.69, 9.17) is 10.6 Å². The number of carbonyl (C=O) groups excluding carboxylic acids is 4. The third kappa shape index (κ3) is 14.8. The molecule has 0 heterocycles. The van der Waals surface area contributed by atoms with E-state index in [0.717, 1.165) is 31.2 Å². The number of benzene rings is 1. The van der Waals surface area contributed by atoms with E-state index in [1.807, 2.05) is 30.3 Å². The van der Waals surface area contributed by atoms with Gasteiger partial charge in [-0.05, 0) is 37.7 Å². The Kier molecular flexibility index (Phi) is 17.2. The molecule has 0 aliphatic carbocycles. The number of rotatable bonds is 19. The SMILES string of the molecule is CCCCCCNC(=O)C(CCCCNC(=O)OCc1ccccc1)NC(=O)C(CCC(=O)OC)NN. The van der Waals surface area contributed by atoms with Crippen molar-refractivity contribution in [3.05, 3.63) is 35.9 Å². The maximum Gasteiger partial charge on any atom is 0.407 e. The van der Waals surface area contributed by atoms with Crippen LogP contribution < -0.4 is 27.2 Å². The van der Waals surface area contributed by atoms with E-state index >= 15 is 0 Å². The number of nitrogens with two attached hydrogens (primary N) is 1. The van der Waals surface area contributed by atoms with Gasteiger partial charge in [-0.15, -0.1) is 0 Å². The number of esters is 1. The second-order valence-corrected chi connectivity index (χ2v) is 8.73. The molecule has 11 nitrogen and oxygen atoms in total. The topological polar surface area (TPSA) is 161 Å². The third-order valence-electron chi connectivity index (χ3n) is 5.75. The summed E-state index contributed by atoms with van der Waals surface area (Å²) in [4.78, 5) is 48.8. The fraction of sp³-hybridized carbons (Fsp3) is 0.615. The van der Waals surface area contributed by atoms with Crippen LogP contribution in [0, 0.1) is 0 Å². The van der Waals surface area contributed by atoms with Crippen molar-refractivity contribution < 1.29 is 28.7 Å². The highest BCUT2D eigenvalue weighted by atomic mass is 16.5. The Morgan fingerprint density at radius 2 is 1.57 bits per heavy atom. The van der Waals surface area contributed by atoms with Gasteiger partial charge in [-0.25, -0.2) is 10.2 Å². The van der Waals surface area contributed by atoms with Gasteiger partial charge in [-0.1, -0.05) is 56.5 Å². The van der Waals surface area contributed by atoms with Crippen LogP contribution in [0.1, 0.15) is 70.3 Å². The fourth-order valence-electron chi connectivity index (χ4n) is 3.52. The molecule has 37 heavy (non-hydrogen) atoms. The molecule has 0 bridgehead atoms. The first-order valence-electron chi connectivity index (χ1n) is 13.0. The van der Waals surface area contributed by atoms with Crippen molar-refractivity contribution in [1.82, 2.24) is 21.4 Å². The van der Waals surface area contributed by atoms with Crippen LogP contribution in [-0.4, -0.2) is 56.2 Å². The molecular formula is C26H43N5O6. The Morgan fingerprint density at radius 1 is 0.865 bits per heavy atom. The zero-order valence-electron chi connectivity index (χ0n) is 22.1. The summed E-state index contributed by atoms with van der Waals surface area (Å²) in [6.45, 7) is 3.20. The Morgan fingerprint density at radius 3 is 2.24 bits per heavy atom. The van der Waals surface area contributed by atoms with E-state index in [9.17, 15) is 19.2 Å². The quantitative estimate of drug-likeness (QED) is 0.0800. The van der Waals surface area contributed by atoms with Crippen molar-refractivity contribution in [2.45, 2.75) is 83.4 Å². The summed E-state index contributed by atoms with van der Waals surface area (Å²) in [6, 6.07) is 7.77. The van der Waals surface area contributed by atoms with Gasteiger partial charge >= 0.3 is 12.1 Å². The van der Waals surface area contributed by atoms with Crippen molar-refractivity contribution in [2.24, 2.45) is 5.84 Å². The first kappa shape index (κ1) is 31.8. The smallest absolute Gasteiger partial charge is 0.407 e. The monoisotopic (exact) mass is 521 g/mol. The number of ether oxygens (including phenoxy) is 2. The number of nitrogens with one attached hydrogen (secondary N) is 4. The van der Waals surface area contributed by atoms with Gasteiger partial charge in [0.1, 0.15) is 18.7 Å². The first-order chi connectivity index (χ1) is 17.9. The third-order valence-corrected chi connectivity index (χ3v) is 5.75. The van der Waals surface area contributed by atoms with Crippen LogP contribution in [0.25, 0.3) is 0 Å². The number of amides is 3. The molecule has 1 aromatic rings. The lowest BCUT2D eigenvalue weighted by molar-refractivity contribution is -0.141. The molecule has 11 heteroatoms. The Bertz CT molecular complexity index is 808. The normalized spacial score (nSPS) is 12.2. The summed E-state index contributed by atoms with van der Waals surface area (Å²) in [7, 11) is 1.27. The predicted molar refractivity (Wildman–Crippen MR) is 140 cm³/mol.